The average Bonchev–Trinajstić information content (AvgIpc) is 3.27. The average molecular weight is 495 g/mol. The fraction of sp³-hybridized carbons (Fsp3) is 0.250. The molecule has 1 saturated heterocycles. The molecule has 2 heterocycles. The predicted molar refractivity (Wildman–Crippen MR) is 125 cm³/mol. The van der Waals surface area contributed by atoms with Crippen molar-refractivity contribution in [3.8, 4) is 0 Å². The lowest BCUT2D eigenvalue weighted by Gasteiger charge is -2.14. The molecule has 1 fully saturated rings. The normalized spacial score (nSPS) is 15.5. The SMILES string of the molecule is O=C(CCCCCN1C(=O)/C(=C/c2cccs2)SC1=S)Nc1ccc(Br)cc1. The number of unbranched alkanes of at least 4 members (excludes halogenated alkanes) is 2. The van der Waals surface area contributed by atoms with Crippen LogP contribution in [0, 0.1) is 0 Å². The Morgan fingerprint density at radius 1 is 1.18 bits per heavy atom. The van der Waals surface area contributed by atoms with Crippen LogP contribution in [0.4, 0.5) is 5.69 Å². The van der Waals surface area contributed by atoms with Gasteiger partial charge in [-0.05, 0) is 54.6 Å². The van der Waals surface area contributed by atoms with Crippen LogP contribution in [0.25, 0.3) is 6.08 Å². The third kappa shape index (κ3) is 6.01. The molecule has 2 aromatic rings. The lowest BCUT2D eigenvalue weighted by Crippen LogP contribution is -2.29. The van der Waals surface area contributed by atoms with Crippen LogP contribution in [0.2, 0.25) is 0 Å². The number of carbonyl (C=O) groups is 2. The molecule has 1 aliphatic rings. The van der Waals surface area contributed by atoms with E-state index in [9.17, 15) is 9.59 Å². The zero-order chi connectivity index (χ0) is 19.9. The number of nitrogens with zero attached hydrogens (tertiary/aromatic N) is 1. The van der Waals surface area contributed by atoms with E-state index in [4.69, 9.17) is 12.2 Å². The first kappa shape index (κ1) is 21.2. The maximum absolute atomic E-state index is 12.5. The van der Waals surface area contributed by atoms with E-state index in [0.29, 0.717) is 22.2 Å². The van der Waals surface area contributed by atoms with Crippen LogP contribution in [0.3, 0.4) is 0 Å². The molecule has 0 saturated carbocycles. The van der Waals surface area contributed by atoms with Gasteiger partial charge in [-0.15, -0.1) is 11.3 Å². The molecule has 3 rings (SSSR count). The zero-order valence-corrected chi connectivity index (χ0v) is 19.1. The molecular weight excluding hydrogens is 476 g/mol. The minimum Gasteiger partial charge on any atom is -0.326 e. The summed E-state index contributed by atoms with van der Waals surface area (Å²) in [4.78, 5) is 27.9. The van der Waals surface area contributed by atoms with Crippen LogP contribution in [-0.2, 0) is 9.59 Å². The van der Waals surface area contributed by atoms with Crippen LogP contribution in [0.5, 0.6) is 0 Å². The lowest BCUT2D eigenvalue weighted by atomic mass is 10.1. The van der Waals surface area contributed by atoms with Crippen LogP contribution in [0.15, 0.2) is 51.2 Å². The van der Waals surface area contributed by atoms with Gasteiger partial charge in [0.25, 0.3) is 5.91 Å². The quantitative estimate of drug-likeness (QED) is 0.281. The highest BCUT2D eigenvalue weighted by molar-refractivity contribution is 9.10. The number of carbonyl (C=O) groups excluding carboxylic acids is 2. The van der Waals surface area contributed by atoms with Gasteiger partial charge in [-0.25, -0.2) is 0 Å². The number of hydrogen-bond donors (Lipinski definition) is 1. The highest BCUT2D eigenvalue weighted by Gasteiger charge is 2.31. The summed E-state index contributed by atoms with van der Waals surface area (Å²) in [6, 6.07) is 11.5. The Balaban J connectivity index is 1.38. The van der Waals surface area contributed by atoms with Gasteiger partial charge in [0.1, 0.15) is 4.32 Å². The van der Waals surface area contributed by atoms with Gasteiger partial charge in [0.15, 0.2) is 0 Å². The molecule has 4 nitrogen and oxygen atoms in total. The third-order valence-corrected chi connectivity index (χ3v) is 6.83. The number of anilines is 1. The third-order valence-electron chi connectivity index (χ3n) is 4.10. The van der Waals surface area contributed by atoms with Gasteiger partial charge < -0.3 is 5.32 Å². The van der Waals surface area contributed by atoms with Gasteiger partial charge in [0.2, 0.25) is 5.91 Å². The fourth-order valence-corrected chi connectivity index (χ4v) is 4.98. The first-order valence-electron chi connectivity index (χ1n) is 8.87. The summed E-state index contributed by atoms with van der Waals surface area (Å²) < 4.78 is 1.59. The van der Waals surface area contributed by atoms with E-state index < -0.39 is 0 Å². The minimum absolute atomic E-state index is 0.00631. The zero-order valence-electron chi connectivity index (χ0n) is 15.0. The first-order valence-corrected chi connectivity index (χ1v) is 11.8. The summed E-state index contributed by atoms with van der Waals surface area (Å²) in [6.45, 7) is 0.598. The summed E-state index contributed by atoms with van der Waals surface area (Å²) >= 11 is 11.7. The Hall–Kier alpha value is -1.48. The summed E-state index contributed by atoms with van der Waals surface area (Å²) in [7, 11) is 0. The molecule has 0 atom stereocenters. The lowest BCUT2D eigenvalue weighted by molar-refractivity contribution is -0.122. The number of thiophene rings is 1. The molecule has 1 aromatic carbocycles. The minimum atomic E-state index is -0.0172. The molecule has 146 valence electrons. The van der Waals surface area contributed by atoms with Gasteiger partial charge >= 0.3 is 0 Å². The van der Waals surface area contributed by atoms with Gasteiger partial charge in [-0.3, -0.25) is 14.5 Å². The van der Waals surface area contributed by atoms with Crippen molar-refractivity contribution in [2.45, 2.75) is 25.7 Å². The summed E-state index contributed by atoms with van der Waals surface area (Å²) in [6.07, 6.45) is 4.84. The number of thiocarbonyl (C=S) groups is 1. The molecule has 2 amide bonds. The second kappa shape index (κ2) is 10.3. The molecule has 28 heavy (non-hydrogen) atoms. The first-order chi connectivity index (χ1) is 13.5. The summed E-state index contributed by atoms with van der Waals surface area (Å²) in [5.74, 6) is -0.0109. The number of benzene rings is 1. The van der Waals surface area contributed by atoms with E-state index >= 15 is 0 Å². The number of hydrogen-bond acceptors (Lipinski definition) is 5. The largest absolute Gasteiger partial charge is 0.326 e. The van der Waals surface area contributed by atoms with E-state index in [1.165, 1.54) is 11.8 Å². The molecule has 8 heteroatoms. The molecular formula is C20H19BrN2O2S3. The van der Waals surface area contributed by atoms with Crippen molar-refractivity contribution in [3.05, 3.63) is 56.0 Å². The van der Waals surface area contributed by atoms with Crippen molar-refractivity contribution < 1.29 is 9.59 Å². The van der Waals surface area contributed by atoms with Crippen LogP contribution < -0.4 is 5.32 Å². The Morgan fingerprint density at radius 3 is 2.68 bits per heavy atom. The van der Waals surface area contributed by atoms with Crippen LogP contribution in [-0.4, -0.2) is 27.6 Å². The number of halogens is 1. The van der Waals surface area contributed by atoms with Gasteiger partial charge in [-0.2, -0.15) is 0 Å². The van der Waals surface area contributed by atoms with E-state index in [1.54, 1.807) is 16.2 Å². The molecule has 1 N–H and O–H groups in total. The monoisotopic (exact) mass is 494 g/mol. The molecule has 0 aliphatic carbocycles. The molecule has 1 aliphatic heterocycles. The molecule has 0 radical (unpaired) electrons. The van der Waals surface area contributed by atoms with Crippen molar-refractivity contribution >= 4 is 79.1 Å². The predicted octanol–water partition coefficient (Wildman–Crippen LogP) is 5.91. The molecule has 1 aromatic heterocycles. The maximum Gasteiger partial charge on any atom is 0.266 e. The summed E-state index contributed by atoms with van der Waals surface area (Å²) in [5, 5.41) is 4.87. The van der Waals surface area contributed by atoms with Gasteiger partial charge in [0.05, 0.1) is 4.91 Å². The van der Waals surface area contributed by atoms with Crippen molar-refractivity contribution in [2.75, 3.05) is 11.9 Å². The van der Waals surface area contributed by atoms with Crippen molar-refractivity contribution in [1.29, 1.82) is 0 Å². The Bertz CT molecular complexity index is 879. The van der Waals surface area contributed by atoms with Crippen LogP contribution >= 0.6 is 51.2 Å². The fourth-order valence-electron chi connectivity index (χ4n) is 2.68. The maximum atomic E-state index is 12.5. The van der Waals surface area contributed by atoms with E-state index in [0.717, 1.165) is 34.3 Å². The molecule has 0 unspecified atom stereocenters. The van der Waals surface area contributed by atoms with Gasteiger partial charge in [-0.1, -0.05) is 52.4 Å². The standard InChI is InChI=1S/C20H19BrN2O2S3/c21-14-7-9-15(10-8-14)22-18(24)6-2-1-3-11-23-19(25)17(28-20(23)26)13-16-5-4-12-27-16/h4-5,7-10,12-13H,1-3,6,11H2,(H,22,24)/b17-13-. The van der Waals surface area contributed by atoms with Gasteiger partial charge in [0, 0.05) is 28.0 Å². The number of thioether (sulfide) groups is 1. The number of nitrogens with one attached hydrogen (secondary N) is 1. The second-order valence-electron chi connectivity index (χ2n) is 6.21. The van der Waals surface area contributed by atoms with E-state index in [1.807, 2.05) is 47.9 Å². The topological polar surface area (TPSA) is 49.4 Å². The second-order valence-corrected chi connectivity index (χ2v) is 9.79. The van der Waals surface area contributed by atoms with Crippen molar-refractivity contribution in [3.63, 3.8) is 0 Å². The Morgan fingerprint density at radius 2 is 1.96 bits per heavy atom. The molecule has 0 bridgehead atoms. The Labute approximate surface area is 186 Å². The highest BCUT2D eigenvalue weighted by Crippen LogP contribution is 2.33. The number of amides is 2. The van der Waals surface area contributed by atoms with Crippen molar-refractivity contribution in [2.24, 2.45) is 0 Å². The molecule has 0 spiro atoms. The van der Waals surface area contributed by atoms with E-state index in [2.05, 4.69) is 21.2 Å². The smallest absolute Gasteiger partial charge is 0.266 e. The summed E-state index contributed by atoms with van der Waals surface area (Å²) in [5.41, 5.74) is 0.795. The number of rotatable bonds is 8. The van der Waals surface area contributed by atoms with Crippen LogP contribution in [0.1, 0.15) is 30.6 Å². The Kier molecular flexibility index (Phi) is 7.84. The highest BCUT2D eigenvalue weighted by atomic mass is 79.9. The van der Waals surface area contributed by atoms with E-state index in [-0.39, 0.29) is 11.8 Å². The van der Waals surface area contributed by atoms with Crippen molar-refractivity contribution in [1.82, 2.24) is 4.90 Å².